The van der Waals surface area contributed by atoms with E-state index in [2.05, 4.69) is 11.6 Å². The Hall–Kier alpha value is -1.60. The van der Waals surface area contributed by atoms with Crippen LogP contribution in [-0.2, 0) is 26.0 Å². The Morgan fingerprint density at radius 3 is 2.78 bits per heavy atom. The SMILES string of the molecule is CCCCCCNS(=O)(=O)c1ccc2c(c1)CCC(C(=O)OCC(C)C)O2. The van der Waals surface area contributed by atoms with E-state index in [4.69, 9.17) is 9.47 Å². The summed E-state index contributed by atoms with van der Waals surface area (Å²) in [5.74, 6) is 0.460. The molecule has 1 N–H and O–H groups in total. The smallest absolute Gasteiger partial charge is 0.347 e. The van der Waals surface area contributed by atoms with Crippen LogP contribution in [0.5, 0.6) is 5.75 Å². The van der Waals surface area contributed by atoms with Crippen molar-refractivity contribution in [1.82, 2.24) is 4.72 Å². The minimum atomic E-state index is -3.53. The molecule has 0 amide bonds. The molecular formula is C20H31NO5S. The van der Waals surface area contributed by atoms with Crippen molar-refractivity contribution in [2.45, 2.75) is 70.3 Å². The molecule has 2 rings (SSSR count). The summed E-state index contributed by atoms with van der Waals surface area (Å²) in [6.45, 7) is 6.88. The zero-order valence-electron chi connectivity index (χ0n) is 16.5. The van der Waals surface area contributed by atoms with Gasteiger partial charge in [-0.1, -0.05) is 40.0 Å². The quantitative estimate of drug-likeness (QED) is 0.483. The minimum absolute atomic E-state index is 0.237. The molecular weight excluding hydrogens is 366 g/mol. The standard InChI is InChI=1S/C20H31NO5S/c1-4-5-6-7-12-21-27(23,24)17-9-11-18-16(13-17)8-10-19(26-18)20(22)25-14-15(2)3/h9,11,13,15,19,21H,4-8,10,12,14H2,1-3H3. The zero-order chi connectivity index (χ0) is 19.9. The molecule has 0 fully saturated rings. The fourth-order valence-corrected chi connectivity index (χ4v) is 4.01. The van der Waals surface area contributed by atoms with Gasteiger partial charge >= 0.3 is 5.97 Å². The zero-order valence-corrected chi connectivity index (χ0v) is 17.3. The largest absolute Gasteiger partial charge is 0.478 e. The summed E-state index contributed by atoms with van der Waals surface area (Å²) in [5.41, 5.74) is 0.803. The third-order valence-corrected chi connectivity index (χ3v) is 5.89. The van der Waals surface area contributed by atoms with Gasteiger partial charge in [0.25, 0.3) is 0 Å². The summed E-state index contributed by atoms with van der Waals surface area (Å²) in [6, 6.07) is 4.79. The van der Waals surface area contributed by atoms with Gasteiger partial charge in [-0.3, -0.25) is 0 Å². The number of hydrogen-bond acceptors (Lipinski definition) is 5. The maximum Gasteiger partial charge on any atom is 0.347 e. The van der Waals surface area contributed by atoms with Crippen LogP contribution in [0.1, 0.15) is 58.4 Å². The van der Waals surface area contributed by atoms with Crippen LogP contribution >= 0.6 is 0 Å². The molecule has 1 aliphatic rings. The van der Waals surface area contributed by atoms with Crippen molar-refractivity contribution in [1.29, 1.82) is 0 Å². The van der Waals surface area contributed by atoms with Crippen LogP contribution in [0, 0.1) is 5.92 Å². The molecule has 1 atom stereocenters. The topological polar surface area (TPSA) is 81.7 Å². The molecule has 0 aromatic heterocycles. The molecule has 1 aromatic carbocycles. The van der Waals surface area contributed by atoms with Gasteiger partial charge in [0.2, 0.25) is 10.0 Å². The van der Waals surface area contributed by atoms with E-state index in [1.54, 1.807) is 12.1 Å². The van der Waals surface area contributed by atoms with Crippen LogP contribution in [-0.4, -0.2) is 33.6 Å². The monoisotopic (exact) mass is 397 g/mol. The number of carbonyl (C=O) groups excluding carboxylic acids is 1. The number of fused-ring (bicyclic) bond motifs is 1. The summed E-state index contributed by atoms with van der Waals surface area (Å²) < 4.78 is 38.5. The van der Waals surface area contributed by atoms with E-state index in [-0.39, 0.29) is 16.8 Å². The van der Waals surface area contributed by atoms with Crippen molar-refractivity contribution in [2.24, 2.45) is 5.92 Å². The first-order valence-electron chi connectivity index (χ1n) is 9.79. The van der Waals surface area contributed by atoms with Crippen molar-refractivity contribution in [3.63, 3.8) is 0 Å². The van der Waals surface area contributed by atoms with Crippen LogP contribution in [0.2, 0.25) is 0 Å². The number of carbonyl (C=O) groups is 1. The van der Waals surface area contributed by atoms with Gasteiger partial charge in [0.15, 0.2) is 6.10 Å². The summed E-state index contributed by atoms with van der Waals surface area (Å²) in [4.78, 5) is 12.3. The summed E-state index contributed by atoms with van der Waals surface area (Å²) >= 11 is 0. The highest BCUT2D eigenvalue weighted by Gasteiger charge is 2.28. The first kappa shape index (κ1) is 21.7. The normalized spacial score (nSPS) is 16.7. The van der Waals surface area contributed by atoms with Crippen LogP contribution in [0.25, 0.3) is 0 Å². The molecule has 0 bridgehead atoms. The Morgan fingerprint density at radius 1 is 1.30 bits per heavy atom. The van der Waals surface area contributed by atoms with E-state index in [1.807, 2.05) is 13.8 Å². The molecule has 1 aliphatic heterocycles. The number of rotatable bonds is 10. The van der Waals surface area contributed by atoms with E-state index in [9.17, 15) is 13.2 Å². The molecule has 152 valence electrons. The minimum Gasteiger partial charge on any atom is -0.478 e. The lowest BCUT2D eigenvalue weighted by Crippen LogP contribution is -2.33. The lowest BCUT2D eigenvalue weighted by atomic mass is 10.0. The Bertz CT molecular complexity index is 730. The average molecular weight is 398 g/mol. The molecule has 7 heteroatoms. The maximum absolute atomic E-state index is 12.4. The highest BCUT2D eigenvalue weighted by molar-refractivity contribution is 7.89. The van der Waals surface area contributed by atoms with Crippen molar-refractivity contribution in [3.05, 3.63) is 23.8 Å². The predicted molar refractivity (Wildman–Crippen MR) is 104 cm³/mol. The number of benzene rings is 1. The van der Waals surface area contributed by atoms with Gasteiger partial charge < -0.3 is 9.47 Å². The van der Waals surface area contributed by atoms with Gasteiger partial charge in [0, 0.05) is 6.54 Å². The van der Waals surface area contributed by atoms with Gasteiger partial charge in [-0.15, -0.1) is 0 Å². The first-order chi connectivity index (χ1) is 12.8. The third-order valence-electron chi connectivity index (χ3n) is 4.43. The lowest BCUT2D eigenvalue weighted by Gasteiger charge is -2.25. The molecule has 6 nitrogen and oxygen atoms in total. The van der Waals surface area contributed by atoms with Gasteiger partial charge in [0.1, 0.15) is 5.75 Å². The van der Waals surface area contributed by atoms with Crippen molar-refractivity contribution >= 4 is 16.0 Å². The Morgan fingerprint density at radius 2 is 2.07 bits per heavy atom. The summed E-state index contributed by atoms with van der Waals surface area (Å²) in [7, 11) is -3.53. The van der Waals surface area contributed by atoms with Crippen LogP contribution in [0.15, 0.2) is 23.1 Å². The molecule has 0 spiro atoms. The van der Waals surface area contributed by atoms with Gasteiger partial charge in [0.05, 0.1) is 11.5 Å². The Balaban J connectivity index is 1.96. The third kappa shape index (κ3) is 6.50. The van der Waals surface area contributed by atoms with E-state index in [1.165, 1.54) is 6.07 Å². The molecule has 0 saturated heterocycles. The molecule has 27 heavy (non-hydrogen) atoms. The van der Waals surface area contributed by atoms with Crippen molar-refractivity contribution < 1.29 is 22.7 Å². The van der Waals surface area contributed by atoms with Crippen LogP contribution in [0.4, 0.5) is 0 Å². The van der Waals surface area contributed by atoms with Crippen LogP contribution < -0.4 is 9.46 Å². The van der Waals surface area contributed by atoms with E-state index in [0.29, 0.717) is 31.7 Å². The first-order valence-corrected chi connectivity index (χ1v) is 11.3. The molecule has 1 aromatic rings. The highest BCUT2D eigenvalue weighted by Crippen LogP contribution is 2.30. The number of unbranched alkanes of at least 4 members (excludes halogenated alkanes) is 3. The van der Waals surface area contributed by atoms with Gasteiger partial charge in [-0.05, 0) is 48.9 Å². The van der Waals surface area contributed by atoms with Gasteiger partial charge in [-0.25, -0.2) is 17.9 Å². The van der Waals surface area contributed by atoms with Crippen LogP contribution in [0.3, 0.4) is 0 Å². The number of esters is 1. The van der Waals surface area contributed by atoms with E-state index >= 15 is 0 Å². The van der Waals surface area contributed by atoms with E-state index in [0.717, 1.165) is 31.2 Å². The number of hydrogen-bond donors (Lipinski definition) is 1. The maximum atomic E-state index is 12.4. The number of ether oxygens (including phenoxy) is 2. The molecule has 0 aliphatic carbocycles. The summed E-state index contributed by atoms with van der Waals surface area (Å²) in [6.07, 6.45) is 4.51. The Labute approximate surface area is 162 Å². The predicted octanol–water partition coefficient (Wildman–Crippen LogP) is 3.44. The molecule has 0 saturated carbocycles. The number of sulfonamides is 1. The van der Waals surface area contributed by atoms with Crippen molar-refractivity contribution in [3.8, 4) is 5.75 Å². The molecule has 1 unspecified atom stereocenters. The van der Waals surface area contributed by atoms with Crippen molar-refractivity contribution in [2.75, 3.05) is 13.2 Å². The second-order valence-corrected chi connectivity index (χ2v) is 9.16. The summed E-state index contributed by atoms with van der Waals surface area (Å²) in [5, 5.41) is 0. The molecule has 0 radical (unpaired) electrons. The second kappa shape index (κ2) is 10.1. The van der Waals surface area contributed by atoms with Gasteiger partial charge in [-0.2, -0.15) is 0 Å². The average Bonchev–Trinajstić information content (AvgIpc) is 2.65. The molecule has 1 heterocycles. The van der Waals surface area contributed by atoms with E-state index < -0.39 is 16.1 Å². The Kier molecular flexibility index (Phi) is 8.10. The fourth-order valence-electron chi connectivity index (χ4n) is 2.88. The lowest BCUT2D eigenvalue weighted by molar-refractivity contribution is -0.153. The second-order valence-electron chi connectivity index (χ2n) is 7.40. The highest BCUT2D eigenvalue weighted by atomic mass is 32.2. The number of nitrogens with one attached hydrogen (secondary N) is 1. The number of aryl methyl sites for hydroxylation is 1. The fraction of sp³-hybridized carbons (Fsp3) is 0.650.